The summed E-state index contributed by atoms with van der Waals surface area (Å²) < 4.78 is 2.66. The third kappa shape index (κ3) is 4.41. The predicted molar refractivity (Wildman–Crippen MR) is 243 cm³/mol. The maximum Gasteiger partial charge on any atom is 0.0446 e. The zero-order chi connectivity index (χ0) is 36.9. The van der Waals surface area contributed by atoms with Gasteiger partial charge in [-0.2, -0.15) is 0 Å². The molecule has 0 N–H and O–H groups in total. The topological polar surface area (TPSA) is 0 Å². The van der Waals surface area contributed by atoms with Crippen molar-refractivity contribution in [3.63, 3.8) is 0 Å². The van der Waals surface area contributed by atoms with E-state index in [2.05, 4.69) is 195 Å². The standard InChI is InChI=1S/C55H34S/c1-33-27-29-36(30-28-33)48-38-20-9-8-19-37(38)47(34-15-4-2-5-16-34)52-44-25-14-24-40-42(31-32-45(50(40)44)53(48)52)51-41-22-11-10-21-39(41)49(35-17-6-3-7-18-35)54-43-23-12-13-26-46(43)56-55(51)54/h2-32H,1H3. The molecule has 1 heterocycles. The third-order valence-corrected chi connectivity index (χ3v) is 13.3. The number of fused-ring (bicyclic) bond motifs is 8. The molecule has 0 saturated carbocycles. The molecule has 0 amide bonds. The molecule has 0 unspecified atom stereocenters. The van der Waals surface area contributed by atoms with Crippen LogP contribution in [0.4, 0.5) is 0 Å². The second-order valence-electron chi connectivity index (χ2n) is 15.1. The van der Waals surface area contributed by atoms with E-state index in [1.165, 1.54) is 125 Å². The van der Waals surface area contributed by atoms with Gasteiger partial charge < -0.3 is 0 Å². The van der Waals surface area contributed by atoms with Crippen LogP contribution < -0.4 is 0 Å². The maximum atomic E-state index is 2.44. The maximum absolute atomic E-state index is 2.44. The predicted octanol–water partition coefficient (Wildman–Crippen LogP) is 16.1. The van der Waals surface area contributed by atoms with Crippen molar-refractivity contribution < 1.29 is 0 Å². The Morgan fingerprint density at radius 1 is 0.286 bits per heavy atom. The van der Waals surface area contributed by atoms with Crippen LogP contribution in [0.15, 0.2) is 188 Å². The fourth-order valence-corrected chi connectivity index (χ4v) is 11.0. The zero-order valence-electron chi connectivity index (χ0n) is 30.8. The first kappa shape index (κ1) is 31.5. The summed E-state index contributed by atoms with van der Waals surface area (Å²) in [6.45, 7) is 2.17. The lowest BCUT2D eigenvalue weighted by Crippen LogP contribution is -1.93. The second-order valence-corrected chi connectivity index (χ2v) is 16.2. The number of benzene rings is 10. The zero-order valence-corrected chi connectivity index (χ0v) is 31.6. The lowest BCUT2D eigenvalue weighted by atomic mass is 9.82. The normalized spacial score (nSPS) is 12.0. The van der Waals surface area contributed by atoms with E-state index < -0.39 is 0 Å². The Morgan fingerprint density at radius 2 is 0.750 bits per heavy atom. The molecule has 0 fully saturated rings. The fraction of sp³-hybridized carbons (Fsp3) is 0.0182. The van der Waals surface area contributed by atoms with Gasteiger partial charge in [0.25, 0.3) is 0 Å². The van der Waals surface area contributed by atoms with Gasteiger partial charge in [0, 0.05) is 25.7 Å². The van der Waals surface area contributed by atoms with Crippen LogP contribution in [0.3, 0.4) is 0 Å². The second kappa shape index (κ2) is 12.1. The minimum Gasteiger partial charge on any atom is -0.134 e. The van der Waals surface area contributed by atoms with Crippen molar-refractivity contribution in [1.82, 2.24) is 0 Å². The molecule has 56 heavy (non-hydrogen) atoms. The van der Waals surface area contributed by atoms with Gasteiger partial charge in [0.15, 0.2) is 0 Å². The molecule has 0 atom stereocenters. The number of rotatable bonds is 4. The minimum atomic E-state index is 1.25. The van der Waals surface area contributed by atoms with Crippen molar-refractivity contribution >= 4 is 63.8 Å². The summed E-state index contributed by atoms with van der Waals surface area (Å²) in [5, 5.41) is 10.4. The summed E-state index contributed by atoms with van der Waals surface area (Å²) in [7, 11) is 0. The lowest BCUT2D eigenvalue weighted by molar-refractivity contribution is 1.47. The largest absolute Gasteiger partial charge is 0.134 e. The first-order valence-electron chi connectivity index (χ1n) is 19.4. The highest BCUT2D eigenvalue weighted by atomic mass is 32.1. The molecular formula is C55H34S. The van der Waals surface area contributed by atoms with E-state index in [1.807, 2.05) is 11.3 Å². The van der Waals surface area contributed by atoms with Crippen molar-refractivity contribution in [2.24, 2.45) is 0 Å². The van der Waals surface area contributed by atoms with Gasteiger partial charge in [0.1, 0.15) is 0 Å². The van der Waals surface area contributed by atoms with Crippen LogP contribution in [0, 0.1) is 6.92 Å². The highest BCUT2D eigenvalue weighted by Gasteiger charge is 2.32. The van der Waals surface area contributed by atoms with Crippen molar-refractivity contribution in [3.05, 3.63) is 194 Å². The molecule has 0 bridgehead atoms. The van der Waals surface area contributed by atoms with Crippen LogP contribution in [0.5, 0.6) is 0 Å². The Kier molecular flexibility index (Phi) is 6.82. The summed E-state index contributed by atoms with van der Waals surface area (Å²) in [5.41, 5.74) is 16.8. The monoisotopic (exact) mass is 726 g/mol. The van der Waals surface area contributed by atoms with Gasteiger partial charge in [-0.1, -0.05) is 188 Å². The van der Waals surface area contributed by atoms with Gasteiger partial charge in [0.05, 0.1) is 0 Å². The van der Waals surface area contributed by atoms with E-state index >= 15 is 0 Å². The lowest BCUT2D eigenvalue weighted by Gasteiger charge is -2.20. The summed E-state index contributed by atoms with van der Waals surface area (Å²) in [4.78, 5) is 0. The Bertz CT molecular complexity index is 3390. The van der Waals surface area contributed by atoms with Gasteiger partial charge in [-0.05, 0) is 107 Å². The molecule has 260 valence electrons. The molecule has 11 aromatic rings. The van der Waals surface area contributed by atoms with Gasteiger partial charge in [-0.25, -0.2) is 0 Å². The average molecular weight is 727 g/mol. The van der Waals surface area contributed by atoms with E-state index in [-0.39, 0.29) is 0 Å². The van der Waals surface area contributed by atoms with Gasteiger partial charge in [-0.15, -0.1) is 11.3 Å². The van der Waals surface area contributed by atoms with Gasteiger partial charge in [0.2, 0.25) is 0 Å². The van der Waals surface area contributed by atoms with Gasteiger partial charge >= 0.3 is 0 Å². The van der Waals surface area contributed by atoms with Gasteiger partial charge in [-0.3, -0.25) is 0 Å². The van der Waals surface area contributed by atoms with Crippen molar-refractivity contribution in [3.8, 4) is 66.8 Å². The quantitative estimate of drug-likeness (QED) is 0.169. The van der Waals surface area contributed by atoms with Crippen molar-refractivity contribution in [2.45, 2.75) is 6.92 Å². The number of hydrogen-bond donors (Lipinski definition) is 0. The number of aryl methyl sites for hydroxylation is 1. The van der Waals surface area contributed by atoms with E-state index in [9.17, 15) is 0 Å². The summed E-state index contributed by atoms with van der Waals surface area (Å²) in [6, 6.07) is 70.1. The first-order chi connectivity index (χ1) is 27.7. The molecule has 0 aliphatic heterocycles. The van der Waals surface area contributed by atoms with Crippen LogP contribution >= 0.6 is 11.3 Å². The SMILES string of the molecule is Cc1ccc(-c2c3c(c(-c4ccccc4)c4ccccc24)-c2cccc4c(-c5c6ccccc6c(-c6ccccc6)c6c5sc5ccccc56)ccc-3c24)cc1. The molecule has 10 aromatic carbocycles. The molecule has 0 saturated heterocycles. The molecule has 0 spiro atoms. The molecule has 1 aliphatic rings. The number of hydrogen-bond acceptors (Lipinski definition) is 1. The van der Waals surface area contributed by atoms with E-state index in [0.717, 1.165) is 0 Å². The summed E-state index contributed by atoms with van der Waals surface area (Å²) in [5.74, 6) is 0. The van der Waals surface area contributed by atoms with Crippen LogP contribution in [-0.2, 0) is 0 Å². The van der Waals surface area contributed by atoms with Crippen LogP contribution in [0.2, 0.25) is 0 Å². The first-order valence-corrected chi connectivity index (χ1v) is 20.3. The number of thiophene rings is 1. The highest BCUT2D eigenvalue weighted by molar-refractivity contribution is 7.26. The van der Waals surface area contributed by atoms with Crippen molar-refractivity contribution in [1.29, 1.82) is 0 Å². The molecule has 12 rings (SSSR count). The Balaban J connectivity index is 1.24. The smallest absolute Gasteiger partial charge is 0.0446 e. The van der Waals surface area contributed by atoms with Crippen molar-refractivity contribution in [2.75, 3.05) is 0 Å². The minimum absolute atomic E-state index is 1.25. The van der Waals surface area contributed by atoms with Crippen LogP contribution in [-0.4, -0.2) is 0 Å². The third-order valence-electron chi connectivity index (χ3n) is 12.1. The van der Waals surface area contributed by atoms with E-state index in [0.29, 0.717) is 0 Å². The van der Waals surface area contributed by atoms with E-state index in [4.69, 9.17) is 0 Å². The molecule has 0 radical (unpaired) electrons. The molecule has 1 aliphatic carbocycles. The fourth-order valence-electron chi connectivity index (χ4n) is 9.76. The van der Waals surface area contributed by atoms with Crippen LogP contribution in [0.1, 0.15) is 5.56 Å². The summed E-state index contributed by atoms with van der Waals surface area (Å²) >= 11 is 1.93. The Labute approximate surface area is 329 Å². The molecular weight excluding hydrogens is 693 g/mol. The van der Waals surface area contributed by atoms with E-state index in [1.54, 1.807) is 0 Å². The average Bonchev–Trinajstić information content (AvgIpc) is 3.80. The molecule has 1 aromatic heterocycles. The Hall–Kier alpha value is -6.80. The van der Waals surface area contributed by atoms with Crippen LogP contribution in [0.25, 0.3) is 119 Å². The molecule has 0 nitrogen and oxygen atoms in total. The Morgan fingerprint density at radius 3 is 1.39 bits per heavy atom. The summed E-state index contributed by atoms with van der Waals surface area (Å²) in [6.07, 6.45) is 0. The molecule has 1 heteroatoms. The highest BCUT2D eigenvalue weighted by Crippen LogP contribution is 2.59.